The van der Waals surface area contributed by atoms with Gasteiger partial charge in [-0.3, -0.25) is 4.79 Å². The molecule has 1 aliphatic rings. The predicted octanol–water partition coefficient (Wildman–Crippen LogP) is 3.74. The van der Waals surface area contributed by atoms with Crippen LogP contribution >= 0.6 is 0 Å². The summed E-state index contributed by atoms with van der Waals surface area (Å²) in [7, 11) is 0. The maximum Gasteiger partial charge on any atom is 0.362 e. The predicted molar refractivity (Wildman–Crippen MR) is 91.8 cm³/mol. The van der Waals surface area contributed by atoms with Crippen molar-refractivity contribution in [3.63, 3.8) is 0 Å². The largest absolute Gasteiger partial charge is 0.421 e. The first-order valence-electron chi connectivity index (χ1n) is 8.19. The van der Waals surface area contributed by atoms with Crippen LogP contribution in [0.25, 0.3) is 11.0 Å². The molecule has 0 unspecified atom stereocenters. The highest BCUT2D eigenvalue weighted by atomic mass is 16.4. The molecule has 1 saturated carbocycles. The van der Waals surface area contributed by atoms with Gasteiger partial charge in [-0.2, -0.15) is 0 Å². The van der Waals surface area contributed by atoms with Gasteiger partial charge in [0.1, 0.15) is 5.58 Å². The monoisotopic (exact) mass is 314 g/mol. The summed E-state index contributed by atoms with van der Waals surface area (Å²) in [6.07, 6.45) is 4.52. The van der Waals surface area contributed by atoms with Crippen molar-refractivity contribution in [2.75, 3.05) is 10.6 Å². The zero-order valence-electron chi connectivity index (χ0n) is 13.5. The molecule has 1 amide bonds. The molecule has 1 aromatic carbocycles. The average molecular weight is 314 g/mol. The molecule has 5 heteroatoms. The first-order valence-corrected chi connectivity index (χ1v) is 8.19. The van der Waals surface area contributed by atoms with Crippen molar-refractivity contribution in [3.8, 4) is 0 Å². The number of hydrogen-bond acceptors (Lipinski definition) is 4. The van der Waals surface area contributed by atoms with Crippen molar-refractivity contribution in [3.05, 3.63) is 34.7 Å². The number of carbonyl (C=O) groups is 1. The second-order valence-electron chi connectivity index (χ2n) is 6.41. The average Bonchev–Trinajstić information content (AvgIpc) is 3.03. The third kappa shape index (κ3) is 3.23. The van der Waals surface area contributed by atoms with Crippen molar-refractivity contribution in [2.24, 2.45) is 5.92 Å². The van der Waals surface area contributed by atoms with Gasteiger partial charge < -0.3 is 15.1 Å². The Kier molecular flexibility index (Phi) is 4.37. The number of para-hydroxylation sites is 1. The van der Waals surface area contributed by atoms with Crippen molar-refractivity contribution in [1.29, 1.82) is 0 Å². The van der Waals surface area contributed by atoms with E-state index in [9.17, 15) is 9.59 Å². The fourth-order valence-corrected chi connectivity index (χ4v) is 2.96. The van der Waals surface area contributed by atoms with Crippen molar-refractivity contribution < 1.29 is 9.21 Å². The summed E-state index contributed by atoms with van der Waals surface area (Å²) < 4.78 is 5.37. The molecule has 0 bridgehead atoms. The minimum atomic E-state index is -0.516. The van der Waals surface area contributed by atoms with Gasteiger partial charge in [-0.05, 0) is 25.0 Å². The smallest absolute Gasteiger partial charge is 0.362 e. The molecule has 122 valence electrons. The Morgan fingerprint density at radius 3 is 2.57 bits per heavy atom. The molecule has 1 aromatic heterocycles. The number of amides is 1. The van der Waals surface area contributed by atoms with Gasteiger partial charge in [0, 0.05) is 17.3 Å². The van der Waals surface area contributed by atoms with Crippen LogP contribution < -0.4 is 16.3 Å². The lowest BCUT2D eigenvalue weighted by Gasteiger charge is -2.19. The normalized spacial score (nSPS) is 15.3. The van der Waals surface area contributed by atoms with Crippen LogP contribution in [0, 0.1) is 5.92 Å². The number of fused-ring (bicyclic) bond motifs is 1. The first-order chi connectivity index (χ1) is 11.1. The summed E-state index contributed by atoms with van der Waals surface area (Å²) >= 11 is 0. The Bertz CT molecular complexity index is 773. The van der Waals surface area contributed by atoms with E-state index in [1.165, 1.54) is 12.8 Å². The highest BCUT2D eigenvalue weighted by Gasteiger charge is 2.22. The highest BCUT2D eigenvalue weighted by Crippen LogP contribution is 2.32. The fourth-order valence-electron chi connectivity index (χ4n) is 2.96. The molecule has 1 aliphatic carbocycles. The Labute approximate surface area is 135 Å². The van der Waals surface area contributed by atoms with Crippen LogP contribution in [0.3, 0.4) is 0 Å². The van der Waals surface area contributed by atoms with Gasteiger partial charge in [0.05, 0.1) is 5.69 Å². The maximum atomic E-state index is 12.4. The van der Waals surface area contributed by atoms with Gasteiger partial charge in [0.25, 0.3) is 0 Å². The van der Waals surface area contributed by atoms with E-state index in [4.69, 9.17) is 4.42 Å². The number of hydrogen-bond donors (Lipinski definition) is 2. The van der Waals surface area contributed by atoms with Crippen LogP contribution in [0.1, 0.15) is 39.5 Å². The molecular weight excluding hydrogens is 292 g/mol. The van der Waals surface area contributed by atoms with E-state index >= 15 is 0 Å². The maximum absolute atomic E-state index is 12.4. The SMILES string of the molecule is CC(C)C(=O)Nc1c(NC2CCCC2)c2ccccc2oc1=O. The van der Waals surface area contributed by atoms with E-state index < -0.39 is 5.63 Å². The molecule has 0 atom stereocenters. The zero-order valence-corrected chi connectivity index (χ0v) is 13.5. The summed E-state index contributed by atoms with van der Waals surface area (Å²) in [5, 5.41) is 7.02. The number of nitrogens with one attached hydrogen (secondary N) is 2. The standard InChI is InChI=1S/C18H22N2O3/c1-11(2)17(21)20-16-15(19-12-7-3-4-8-12)13-9-5-6-10-14(13)23-18(16)22/h5-6,9-12,19H,3-4,7-8H2,1-2H3,(H,20,21). The van der Waals surface area contributed by atoms with Crippen LogP contribution in [0.15, 0.2) is 33.5 Å². The molecule has 2 aromatic rings. The van der Waals surface area contributed by atoms with E-state index in [1.807, 2.05) is 18.2 Å². The van der Waals surface area contributed by atoms with E-state index in [1.54, 1.807) is 19.9 Å². The zero-order chi connectivity index (χ0) is 16.4. The van der Waals surface area contributed by atoms with E-state index in [2.05, 4.69) is 10.6 Å². The number of carbonyl (C=O) groups excluding carboxylic acids is 1. The van der Waals surface area contributed by atoms with E-state index in [0.29, 0.717) is 17.3 Å². The van der Waals surface area contributed by atoms with Crippen LogP contribution in [0.2, 0.25) is 0 Å². The van der Waals surface area contributed by atoms with Gasteiger partial charge in [-0.25, -0.2) is 4.79 Å². The van der Waals surface area contributed by atoms with E-state index in [0.717, 1.165) is 18.2 Å². The number of rotatable bonds is 4. The summed E-state index contributed by atoms with van der Waals surface area (Å²) in [5.74, 6) is -0.401. The van der Waals surface area contributed by atoms with Gasteiger partial charge in [-0.1, -0.05) is 38.8 Å². The molecule has 2 N–H and O–H groups in total. The number of anilines is 2. The molecule has 0 spiro atoms. The first kappa shape index (κ1) is 15.6. The molecule has 0 saturated heterocycles. The van der Waals surface area contributed by atoms with Crippen molar-refractivity contribution in [1.82, 2.24) is 0 Å². The molecule has 23 heavy (non-hydrogen) atoms. The Hall–Kier alpha value is -2.30. The van der Waals surface area contributed by atoms with Crippen LogP contribution in [-0.2, 0) is 4.79 Å². The topological polar surface area (TPSA) is 71.3 Å². The van der Waals surface area contributed by atoms with Crippen molar-refractivity contribution in [2.45, 2.75) is 45.6 Å². The molecule has 1 fully saturated rings. The summed E-state index contributed by atoms with van der Waals surface area (Å²) in [6, 6.07) is 7.73. The third-order valence-corrected chi connectivity index (χ3v) is 4.29. The molecule has 0 aliphatic heterocycles. The molecule has 0 radical (unpaired) electrons. The number of benzene rings is 1. The van der Waals surface area contributed by atoms with Crippen LogP contribution in [0.4, 0.5) is 11.4 Å². The van der Waals surface area contributed by atoms with Gasteiger partial charge >= 0.3 is 5.63 Å². The Morgan fingerprint density at radius 1 is 1.17 bits per heavy atom. The minimum Gasteiger partial charge on any atom is -0.421 e. The van der Waals surface area contributed by atoms with Gasteiger partial charge in [0.2, 0.25) is 5.91 Å². The highest BCUT2D eigenvalue weighted by molar-refractivity contribution is 6.02. The van der Waals surface area contributed by atoms with Crippen LogP contribution in [-0.4, -0.2) is 11.9 Å². The molecule has 5 nitrogen and oxygen atoms in total. The lowest BCUT2D eigenvalue weighted by molar-refractivity contribution is -0.118. The van der Waals surface area contributed by atoms with E-state index in [-0.39, 0.29) is 17.5 Å². The third-order valence-electron chi connectivity index (χ3n) is 4.29. The fraction of sp³-hybridized carbons (Fsp3) is 0.444. The van der Waals surface area contributed by atoms with Gasteiger partial charge in [-0.15, -0.1) is 0 Å². The summed E-state index contributed by atoms with van der Waals surface area (Å²) in [6.45, 7) is 3.59. The lowest BCUT2D eigenvalue weighted by atomic mass is 10.1. The lowest BCUT2D eigenvalue weighted by Crippen LogP contribution is -2.25. The molecule has 1 heterocycles. The molecular formula is C18H22N2O3. The van der Waals surface area contributed by atoms with Crippen LogP contribution in [0.5, 0.6) is 0 Å². The van der Waals surface area contributed by atoms with Gasteiger partial charge in [0.15, 0.2) is 5.69 Å². The quantitative estimate of drug-likeness (QED) is 0.843. The summed E-state index contributed by atoms with van der Waals surface area (Å²) in [5.41, 5.74) is 0.908. The van der Waals surface area contributed by atoms with Crippen molar-refractivity contribution >= 4 is 28.3 Å². The Balaban J connectivity index is 2.09. The molecule has 3 rings (SSSR count). The summed E-state index contributed by atoms with van der Waals surface area (Å²) in [4.78, 5) is 24.4. The Morgan fingerprint density at radius 2 is 1.87 bits per heavy atom. The second-order valence-corrected chi connectivity index (χ2v) is 6.41. The minimum absolute atomic E-state index is 0.193. The second kappa shape index (κ2) is 6.44.